The van der Waals surface area contributed by atoms with E-state index < -0.39 is 29.9 Å². The number of hydrogen-bond acceptors (Lipinski definition) is 9. The number of urea groups is 1. The molecule has 54 heavy (non-hydrogen) atoms. The third-order valence-electron chi connectivity index (χ3n) is 10.7. The van der Waals surface area contributed by atoms with Gasteiger partial charge in [-0.25, -0.2) is 9.59 Å². The van der Waals surface area contributed by atoms with Gasteiger partial charge in [0, 0.05) is 49.4 Å². The number of aliphatic hydroxyl groups is 1. The van der Waals surface area contributed by atoms with Crippen LogP contribution in [0.25, 0.3) is 0 Å². The Morgan fingerprint density at radius 1 is 0.889 bits per heavy atom. The van der Waals surface area contributed by atoms with Gasteiger partial charge in [0.2, 0.25) is 5.91 Å². The smallest absolute Gasteiger partial charge is 0.328 e. The third kappa shape index (κ3) is 8.42. The second-order valence-corrected chi connectivity index (χ2v) is 14.1. The molecule has 0 radical (unpaired) electrons. The van der Waals surface area contributed by atoms with Gasteiger partial charge in [0.15, 0.2) is 6.29 Å². The first-order chi connectivity index (χ1) is 26.3. The number of piperidine rings is 1. The monoisotopic (exact) mass is 733 g/mol. The van der Waals surface area contributed by atoms with Crippen LogP contribution in [0.3, 0.4) is 0 Å². The van der Waals surface area contributed by atoms with E-state index >= 15 is 0 Å². The molecule has 0 aromatic heterocycles. The lowest BCUT2D eigenvalue weighted by Gasteiger charge is -2.45. The van der Waals surface area contributed by atoms with Gasteiger partial charge in [0.05, 0.1) is 32.6 Å². The van der Waals surface area contributed by atoms with E-state index in [-0.39, 0.29) is 24.7 Å². The molecular weight excluding hydrogens is 686 g/mol. The van der Waals surface area contributed by atoms with Crippen molar-refractivity contribution in [1.82, 2.24) is 15.5 Å². The number of carbonyl (C=O) groups is 3. The Morgan fingerprint density at radius 3 is 2.22 bits per heavy atom. The van der Waals surface area contributed by atoms with Gasteiger partial charge in [-0.15, -0.1) is 0 Å². The van der Waals surface area contributed by atoms with Crippen LogP contribution in [0.5, 0.6) is 0 Å². The molecule has 1 spiro atoms. The summed E-state index contributed by atoms with van der Waals surface area (Å²) in [7, 11) is 1.30. The number of likely N-dealkylation sites (tertiary alicyclic amines) is 1. The Morgan fingerprint density at radius 2 is 1.56 bits per heavy atom. The first kappa shape index (κ1) is 37.1. The van der Waals surface area contributed by atoms with Crippen LogP contribution in [-0.4, -0.2) is 79.0 Å². The van der Waals surface area contributed by atoms with Gasteiger partial charge in [-0.2, -0.15) is 0 Å². The maximum absolute atomic E-state index is 13.2. The number of nitrogens with zero attached hydrogens (tertiary/aromatic N) is 2. The molecule has 0 unspecified atom stereocenters. The molecular formula is C42H47N5O7. The van der Waals surface area contributed by atoms with Crippen LogP contribution >= 0.6 is 0 Å². The highest BCUT2D eigenvalue weighted by molar-refractivity contribution is 5.94. The zero-order valence-corrected chi connectivity index (χ0v) is 30.4. The highest BCUT2D eigenvalue weighted by atomic mass is 16.7. The van der Waals surface area contributed by atoms with Crippen LogP contribution < -0.4 is 20.9 Å². The molecule has 7 rings (SSSR count). The van der Waals surface area contributed by atoms with E-state index in [1.165, 1.54) is 7.11 Å². The van der Waals surface area contributed by atoms with Crippen LogP contribution in [0, 0.1) is 0 Å². The minimum Gasteiger partial charge on any atom is -0.467 e. The van der Waals surface area contributed by atoms with Crippen molar-refractivity contribution in [2.75, 3.05) is 43.6 Å². The van der Waals surface area contributed by atoms with E-state index in [2.05, 4.69) is 37.9 Å². The summed E-state index contributed by atoms with van der Waals surface area (Å²) in [6.45, 7) is 2.65. The molecule has 0 bridgehead atoms. The second-order valence-electron chi connectivity index (χ2n) is 14.1. The zero-order chi connectivity index (χ0) is 37.5. The predicted molar refractivity (Wildman–Crippen MR) is 203 cm³/mol. The average Bonchev–Trinajstić information content (AvgIpc) is 3.53. The van der Waals surface area contributed by atoms with E-state index in [1.807, 2.05) is 84.9 Å². The molecule has 282 valence electrons. The number of esters is 1. The number of methoxy groups -OCH3 is 1. The van der Waals surface area contributed by atoms with Crippen molar-refractivity contribution in [2.45, 2.75) is 62.4 Å². The lowest BCUT2D eigenvalue weighted by atomic mass is 9.85. The number of para-hydroxylation sites is 1. The summed E-state index contributed by atoms with van der Waals surface area (Å²) in [4.78, 5) is 43.2. The molecule has 4 atom stereocenters. The van der Waals surface area contributed by atoms with E-state index in [0.29, 0.717) is 44.6 Å². The SMILES string of the molecule is COC(=O)[C@H](Cc1ccccc1)NC(=O)Nc1ccc([C@H]2O[C@@H](CN3CCC4(CC3)C(=O)NCN4c3ccccc3)C[C@@H](c3ccc(CO)cc3)O2)cc1. The summed E-state index contributed by atoms with van der Waals surface area (Å²) < 4.78 is 18.1. The number of benzene rings is 4. The van der Waals surface area contributed by atoms with Gasteiger partial charge in [0.1, 0.15) is 11.6 Å². The number of aliphatic hydroxyl groups excluding tert-OH is 1. The quantitative estimate of drug-likeness (QED) is 0.156. The highest BCUT2D eigenvalue weighted by Gasteiger charge is 2.50. The Kier molecular flexibility index (Phi) is 11.5. The molecule has 3 heterocycles. The molecule has 0 aliphatic carbocycles. The Hall–Kier alpha value is -5.27. The van der Waals surface area contributed by atoms with Gasteiger partial charge in [-0.1, -0.05) is 84.9 Å². The molecule has 3 saturated heterocycles. The van der Waals surface area contributed by atoms with Crippen molar-refractivity contribution in [3.05, 3.63) is 131 Å². The molecule has 4 aromatic rings. The van der Waals surface area contributed by atoms with Crippen molar-refractivity contribution in [3.63, 3.8) is 0 Å². The van der Waals surface area contributed by atoms with Crippen molar-refractivity contribution in [2.24, 2.45) is 0 Å². The average molecular weight is 734 g/mol. The topological polar surface area (TPSA) is 142 Å². The molecule has 4 aromatic carbocycles. The molecule has 3 aliphatic rings. The number of hydrogen-bond donors (Lipinski definition) is 4. The standard InChI is InChI=1S/C42H47N5O7/c1-52-38(49)36(24-29-8-4-2-5-9-29)45-41(51)44-33-18-16-32(17-19-33)39-53-35(25-37(54-39)31-14-12-30(27-48)13-15-31)26-46-22-20-42(21-23-46)40(50)43-28-47(42)34-10-6-3-7-11-34/h2-19,35-37,39,48H,20-28H2,1H3,(H,43,50)(H2,44,45,51)/t35-,36+,37+,39+/m1/s1. The van der Waals surface area contributed by atoms with Gasteiger partial charge >= 0.3 is 12.0 Å². The summed E-state index contributed by atoms with van der Waals surface area (Å²) in [6.07, 6.45) is 1.26. The maximum Gasteiger partial charge on any atom is 0.328 e. The van der Waals surface area contributed by atoms with Gasteiger partial charge < -0.3 is 45.1 Å². The van der Waals surface area contributed by atoms with E-state index in [1.54, 1.807) is 12.1 Å². The molecule has 12 heteroatoms. The minimum atomic E-state index is -0.857. The summed E-state index contributed by atoms with van der Waals surface area (Å²) in [5.74, 6) is -0.445. The lowest BCUT2D eigenvalue weighted by Crippen LogP contribution is -2.57. The second kappa shape index (κ2) is 16.8. The Bertz CT molecular complexity index is 1870. The van der Waals surface area contributed by atoms with Gasteiger partial charge in [0.25, 0.3) is 0 Å². The largest absolute Gasteiger partial charge is 0.467 e. The maximum atomic E-state index is 13.2. The number of amides is 3. The van der Waals surface area contributed by atoms with Crippen molar-refractivity contribution in [3.8, 4) is 0 Å². The van der Waals surface area contributed by atoms with Crippen LogP contribution in [0.4, 0.5) is 16.2 Å². The fraction of sp³-hybridized carbons (Fsp3) is 0.357. The van der Waals surface area contributed by atoms with E-state index in [9.17, 15) is 19.5 Å². The summed E-state index contributed by atoms with van der Waals surface area (Å²) in [6, 6.07) is 33.2. The predicted octanol–water partition coefficient (Wildman–Crippen LogP) is 5.06. The van der Waals surface area contributed by atoms with Gasteiger partial charge in [-0.05, 0) is 53.8 Å². The Labute approximate surface area is 315 Å². The number of rotatable bonds is 11. The molecule has 3 aliphatic heterocycles. The summed E-state index contributed by atoms with van der Waals surface area (Å²) in [5.41, 5.74) is 4.52. The van der Waals surface area contributed by atoms with Crippen LogP contribution in [-0.2, 0) is 36.8 Å². The fourth-order valence-corrected chi connectivity index (χ4v) is 7.69. The zero-order valence-electron chi connectivity index (χ0n) is 30.4. The highest BCUT2D eigenvalue weighted by Crippen LogP contribution is 2.40. The van der Waals surface area contributed by atoms with Crippen molar-refractivity contribution < 1.29 is 33.7 Å². The van der Waals surface area contributed by atoms with Crippen molar-refractivity contribution >= 4 is 29.3 Å². The molecule has 0 saturated carbocycles. The number of ether oxygens (including phenoxy) is 3. The third-order valence-corrected chi connectivity index (χ3v) is 10.7. The fourth-order valence-electron chi connectivity index (χ4n) is 7.69. The number of nitrogens with one attached hydrogen (secondary N) is 3. The van der Waals surface area contributed by atoms with Crippen molar-refractivity contribution in [1.29, 1.82) is 0 Å². The summed E-state index contributed by atoms with van der Waals surface area (Å²) in [5, 5.41) is 18.2. The molecule has 4 N–H and O–H groups in total. The number of carbonyl (C=O) groups excluding carboxylic acids is 3. The minimum absolute atomic E-state index is 0.0366. The lowest BCUT2D eigenvalue weighted by molar-refractivity contribution is -0.253. The van der Waals surface area contributed by atoms with E-state index in [0.717, 1.165) is 41.0 Å². The summed E-state index contributed by atoms with van der Waals surface area (Å²) >= 11 is 0. The van der Waals surface area contributed by atoms with Gasteiger partial charge in [-0.3, -0.25) is 4.79 Å². The number of anilines is 2. The molecule has 3 amide bonds. The van der Waals surface area contributed by atoms with Crippen LogP contribution in [0.1, 0.15) is 53.9 Å². The van der Waals surface area contributed by atoms with E-state index in [4.69, 9.17) is 14.2 Å². The first-order valence-corrected chi connectivity index (χ1v) is 18.5. The molecule has 3 fully saturated rings. The first-order valence-electron chi connectivity index (χ1n) is 18.5. The normalized spacial score (nSPS) is 21.6. The Balaban J connectivity index is 1.01. The van der Waals surface area contributed by atoms with Crippen LogP contribution in [0.2, 0.25) is 0 Å². The van der Waals surface area contributed by atoms with Crippen LogP contribution in [0.15, 0.2) is 109 Å². The molecule has 12 nitrogen and oxygen atoms in total.